The number of carbonyl (C=O) groups is 1. The highest BCUT2D eigenvalue weighted by Crippen LogP contribution is 2.29. The van der Waals surface area contributed by atoms with Crippen molar-refractivity contribution in [2.45, 2.75) is 65.3 Å². The average molecular weight is 450 g/mol. The third-order valence-electron chi connectivity index (χ3n) is 6.45. The van der Waals surface area contributed by atoms with Crippen LogP contribution in [-0.4, -0.2) is 43.6 Å². The molecule has 1 aromatic carbocycles. The Kier molecular flexibility index (Phi) is 6.86. The Morgan fingerprint density at radius 2 is 1.85 bits per heavy atom. The number of halogens is 1. The Labute approximate surface area is 194 Å². The lowest BCUT2D eigenvalue weighted by molar-refractivity contribution is -0.133. The van der Waals surface area contributed by atoms with Crippen LogP contribution in [0.2, 0.25) is 0 Å². The van der Waals surface area contributed by atoms with Crippen molar-refractivity contribution in [3.8, 4) is 0 Å². The van der Waals surface area contributed by atoms with E-state index in [1.54, 1.807) is 6.07 Å². The first-order valence-corrected chi connectivity index (χ1v) is 11.7. The Hall–Kier alpha value is -3.09. The van der Waals surface area contributed by atoms with E-state index in [9.17, 15) is 9.18 Å². The topological polar surface area (TPSA) is 63.9 Å². The Morgan fingerprint density at radius 3 is 2.52 bits per heavy atom. The van der Waals surface area contributed by atoms with Crippen LogP contribution in [0.15, 0.2) is 36.4 Å². The molecule has 7 heteroatoms. The van der Waals surface area contributed by atoms with Crippen LogP contribution in [0.25, 0.3) is 0 Å². The van der Waals surface area contributed by atoms with Gasteiger partial charge in [-0.2, -0.15) is 5.10 Å². The molecule has 1 aliphatic heterocycles. The van der Waals surface area contributed by atoms with Crippen molar-refractivity contribution >= 4 is 5.91 Å². The molecule has 174 valence electrons. The lowest BCUT2D eigenvalue weighted by Gasteiger charge is -2.32. The quantitative estimate of drug-likeness (QED) is 0.548. The number of hydrogen-bond donors (Lipinski definition) is 0. The van der Waals surface area contributed by atoms with Crippen LogP contribution in [0.1, 0.15) is 72.3 Å². The summed E-state index contributed by atoms with van der Waals surface area (Å²) in [5.74, 6) is 1.86. The number of piperidine rings is 1. The first kappa shape index (κ1) is 23.1. The van der Waals surface area contributed by atoms with Crippen molar-refractivity contribution in [1.82, 2.24) is 24.6 Å². The maximum atomic E-state index is 14.1. The van der Waals surface area contributed by atoms with Crippen molar-refractivity contribution in [1.29, 1.82) is 0 Å². The number of aryl methyl sites for hydroxylation is 3. The molecule has 0 unspecified atom stereocenters. The number of likely N-dealkylation sites (tertiary alicyclic amines) is 1. The molecule has 3 aromatic rings. The van der Waals surface area contributed by atoms with Crippen LogP contribution in [-0.2, 0) is 11.2 Å². The van der Waals surface area contributed by atoms with E-state index < -0.39 is 0 Å². The summed E-state index contributed by atoms with van der Waals surface area (Å²) >= 11 is 0. The van der Waals surface area contributed by atoms with Gasteiger partial charge in [-0.1, -0.05) is 18.2 Å². The molecular weight excluding hydrogens is 417 g/mol. The molecule has 2 aromatic heterocycles. The van der Waals surface area contributed by atoms with Crippen LogP contribution in [0.5, 0.6) is 0 Å². The second-order valence-electron chi connectivity index (χ2n) is 9.17. The Morgan fingerprint density at radius 1 is 1.12 bits per heavy atom. The van der Waals surface area contributed by atoms with Crippen molar-refractivity contribution < 1.29 is 9.18 Å². The highest BCUT2D eigenvalue weighted by Gasteiger charge is 2.26. The van der Waals surface area contributed by atoms with Gasteiger partial charge in [0.2, 0.25) is 5.91 Å². The fraction of sp³-hybridized carbons (Fsp3) is 0.462. The highest BCUT2D eigenvalue weighted by molar-refractivity contribution is 5.76. The molecule has 1 saturated heterocycles. The molecule has 1 aliphatic rings. The van der Waals surface area contributed by atoms with E-state index in [4.69, 9.17) is 4.98 Å². The molecule has 0 bridgehead atoms. The summed E-state index contributed by atoms with van der Waals surface area (Å²) in [5, 5.41) is 4.41. The van der Waals surface area contributed by atoms with E-state index in [1.807, 2.05) is 55.5 Å². The normalized spacial score (nSPS) is 15.6. The fourth-order valence-corrected chi connectivity index (χ4v) is 4.79. The van der Waals surface area contributed by atoms with Crippen molar-refractivity contribution in [3.05, 3.63) is 76.4 Å². The lowest BCUT2D eigenvalue weighted by Crippen LogP contribution is -2.39. The molecule has 0 radical (unpaired) electrons. The van der Waals surface area contributed by atoms with Gasteiger partial charge in [-0.3, -0.25) is 9.78 Å². The minimum atomic E-state index is -0.175. The monoisotopic (exact) mass is 449 g/mol. The second kappa shape index (κ2) is 9.81. The SMILES string of the molecule is Cc1cc(Cc2ccccc2F)cc(C2CCN(C(=O)C[C@@H](C)n3nc(C)nc3C)CC2)n1. The van der Waals surface area contributed by atoms with E-state index in [0.29, 0.717) is 24.3 Å². The molecule has 4 rings (SSSR count). The summed E-state index contributed by atoms with van der Waals surface area (Å²) in [6.45, 7) is 9.24. The number of benzene rings is 1. The first-order chi connectivity index (χ1) is 15.8. The number of rotatable bonds is 6. The molecule has 1 amide bonds. The van der Waals surface area contributed by atoms with E-state index >= 15 is 0 Å². The maximum absolute atomic E-state index is 14.1. The largest absolute Gasteiger partial charge is 0.343 e. The van der Waals surface area contributed by atoms with Crippen LogP contribution in [0, 0.1) is 26.6 Å². The third-order valence-corrected chi connectivity index (χ3v) is 6.45. The van der Waals surface area contributed by atoms with E-state index in [-0.39, 0.29) is 17.8 Å². The van der Waals surface area contributed by atoms with Gasteiger partial charge in [0, 0.05) is 43.2 Å². The minimum Gasteiger partial charge on any atom is -0.343 e. The van der Waals surface area contributed by atoms with Crippen molar-refractivity contribution in [2.75, 3.05) is 13.1 Å². The minimum absolute atomic E-state index is 0.0178. The van der Waals surface area contributed by atoms with Gasteiger partial charge < -0.3 is 4.90 Å². The number of hydrogen-bond acceptors (Lipinski definition) is 4. The van der Waals surface area contributed by atoms with Crippen LogP contribution in [0.3, 0.4) is 0 Å². The lowest BCUT2D eigenvalue weighted by atomic mass is 9.91. The van der Waals surface area contributed by atoms with Crippen LogP contribution >= 0.6 is 0 Å². The standard InChI is InChI=1S/C26H32FN5O/c1-17-13-21(15-23-7-5-6-8-24(23)27)16-25(28-17)22-9-11-31(12-10-22)26(33)14-18(2)32-20(4)29-19(3)30-32/h5-8,13,16,18,22H,9-12,14-15H2,1-4H3/t18-/m1/s1. The zero-order valence-corrected chi connectivity index (χ0v) is 19.9. The van der Waals surface area contributed by atoms with Gasteiger partial charge in [0.15, 0.2) is 0 Å². The summed E-state index contributed by atoms with van der Waals surface area (Å²) in [6, 6.07) is 11.0. The number of pyridine rings is 1. The summed E-state index contributed by atoms with van der Waals surface area (Å²) in [5.41, 5.74) is 3.77. The number of aromatic nitrogens is 4. The smallest absolute Gasteiger partial charge is 0.224 e. The molecule has 1 fully saturated rings. The third kappa shape index (κ3) is 5.46. The van der Waals surface area contributed by atoms with Crippen molar-refractivity contribution in [3.63, 3.8) is 0 Å². The van der Waals surface area contributed by atoms with Gasteiger partial charge >= 0.3 is 0 Å². The number of amides is 1. The zero-order chi connectivity index (χ0) is 23.5. The summed E-state index contributed by atoms with van der Waals surface area (Å²) < 4.78 is 16.0. The second-order valence-corrected chi connectivity index (χ2v) is 9.17. The first-order valence-electron chi connectivity index (χ1n) is 11.7. The van der Waals surface area contributed by atoms with Gasteiger partial charge in [0.25, 0.3) is 0 Å². The van der Waals surface area contributed by atoms with Gasteiger partial charge in [-0.05, 0) is 69.9 Å². The van der Waals surface area contributed by atoms with E-state index in [1.165, 1.54) is 6.07 Å². The van der Waals surface area contributed by atoms with Gasteiger partial charge in [-0.15, -0.1) is 0 Å². The molecule has 6 nitrogen and oxygen atoms in total. The average Bonchev–Trinajstić information content (AvgIpc) is 3.13. The van der Waals surface area contributed by atoms with Crippen LogP contribution in [0.4, 0.5) is 4.39 Å². The predicted octanol–water partition coefficient (Wildman–Crippen LogP) is 4.69. The number of carbonyl (C=O) groups excluding carboxylic acids is 1. The molecular formula is C26H32FN5O. The molecule has 0 N–H and O–H groups in total. The van der Waals surface area contributed by atoms with Crippen molar-refractivity contribution in [2.24, 2.45) is 0 Å². The van der Waals surface area contributed by atoms with Crippen LogP contribution < -0.4 is 0 Å². The van der Waals surface area contributed by atoms with Gasteiger partial charge in [0.1, 0.15) is 17.5 Å². The highest BCUT2D eigenvalue weighted by atomic mass is 19.1. The summed E-state index contributed by atoms with van der Waals surface area (Å²) in [4.78, 5) is 24.0. The predicted molar refractivity (Wildman–Crippen MR) is 126 cm³/mol. The Balaban J connectivity index is 1.37. The van der Waals surface area contributed by atoms with Gasteiger partial charge in [0.05, 0.1) is 6.04 Å². The molecule has 0 saturated carbocycles. The summed E-state index contributed by atoms with van der Waals surface area (Å²) in [7, 11) is 0. The molecule has 0 aliphatic carbocycles. The van der Waals surface area contributed by atoms with Gasteiger partial charge in [-0.25, -0.2) is 14.1 Å². The molecule has 33 heavy (non-hydrogen) atoms. The molecule has 3 heterocycles. The van der Waals surface area contributed by atoms with E-state index in [0.717, 1.165) is 54.5 Å². The molecule has 1 atom stereocenters. The van der Waals surface area contributed by atoms with E-state index in [2.05, 4.69) is 16.1 Å². The fourth-order valence-electron chi connectivity index (χ4n) is 4.79. The molecule has 0 spiro atoms. The maximum Gasteiger partial charge on any atom is 0.224 e. The summed E-state index contributed by atoms with van der Waals surface area (Å²) in [6.07, 6.45) is 2.75. The Bertz CT molecular complexity index is 1130. The number of nitrogens with zero attached hydrogens (tertiary/aromatic N) is 5. The zero-order valence-electron chi connectivity index (χ0n) is 19.9.